The molecule has 0 aromatic rings. The number of nitrogens with zero attached hydrogens (tertiary/aromatic N) is 1. The summed E-state index contributed by atoms with van der Waals surface area (Å²) in [6.07, 6.45) is 1.70. The first-order valence-electron chi connectivity index (χ1n) is 9.41. The Morgan fingerprint density at radius 2 is 1.86 bits per heavy atom. The van der Waals surface area contributed by atoms with Gasteiger partial charge in [0.15, 0.2) is 0 Å². The third kappa shape index (κ3) is 9.24. The number of carbonyl (C=O) groups excluding carboxylic acids is 5. The molecule has 0 aliphatic carbocycles. The van der Waals surface area contributed by atoms with Gasteiger partial charge in [-0.25, -0.2) is 0 Å². The minimum atomic E-state index is -0.690. The highest BCUT2D eigenvalue weighted by molar-refractivity contribution is 8.01. The zero-order chi connectivity index (χ0) is 21.8. The van der Waals surface area contributed by atoms with Crippen LogP contribution in [0.4, 0.5) is 0 Å². The lowest BCUT2D eigenvalue weighted by atomic mass is 10.1. The quantitative estimate of drug-likeness (QED) is 0.147. The molecule has 1 saturated heterocycles. The number of aliphatic hydroxyl groups is 1. The Morgan fingerprint density at radius 3 is 2.52 bits per heavy atom. The summed E-state index contributed by atoms with van der Waals surface area (Å²) in [6, 6.07) is -0.690. The molecule has 11 nitrogen and oxygen atoms in total. The van der Waals surface area contributed by atoms with E-state index in [-0.39, 0.29) is 56.0 Å². The van der Waals surface area contributed by atoms with Gasteiger partial charge in [-0.2, -0.15) is 0 Å². The van der Waals surface area contributed by atoms with E-state index in [4.69, 9.17) is 16.6 Å². The van der Waals surface area contributed by atoms with Crippen molar-refractivity contribution in [3.8, 4) is 0 Å². The molecule has 1 heterocycles. The van der Waals surface area contributed by atoms with Gasteiger partial charge in [0, 0.05) is 32.5 Å². The van der Waals surface area contributed by atoms with Crippen LogP contribution in [0.1, 0.15) is 32.1 Å². The van der Waals surface area contributed by atoms with Crippen molar-refractivity contribution >= 4 is 41.3 Å². The van der Waals surface area contributed by atoms with Gasteiger partial charge in [-0.05, 0) is 19.3 Å². The van der Waals surface area contributed by atoms with Crippen molar-refractivity contribution in [2.45, 2.75) is 43.4 Å². The van der Waals surface area contributed by atoms with Crippen LogP contribution in [-0.4, -0.2) is 82.8 Å². The van der Waals surface area contributed by atoms with E-state index in [1.807, 2.05) is 0 Å². The maximum Gasteiger partial charge on any atom is 0.242 e. The predicted octanol–water partition coefficient (Wildman–Crippen LogP) is -2.56. The fourth-order valence-electron chi connectivity index (χ4n) is 2.60. The van der Waals surface area contributed by atoms with Crippen LogP contribution in [0.15, 0.2) is 0 Å². The lowest BCUT2D eigenvalue weighted by Gasteiger charge is -2.14. The maximum absolute atomic E-state index is 12.3. The fourth-order valence-corrected chi connectivity index (χ4v) is 3.59. The van der Waals surface area contributed by atoms with Crippen molar-refractivity contribution in [1.29, 1.82) is 0 Å². The molecule has 0 saturated carbocycles. The van der Waals surface area contributed by atoms with Gasteiger partial charge < -0.3 is 27.2 Å². The molecular formula is C17H29N5O6S. The van der Waals surface area contributed by atoms with Gasteiger partial charge in [0.2, 0.25) is 29.5 Å². The molecule has 2 unspecified atom stereocenters. The van der Waals surface area contributed by atoms with E-state index in [9.17, 15) is 24.0 Å². The summed E-state index contributed by atoms with van der Waals surface area (Å²) in [4.78, 5) is 59.6. The van der Waals surface area contributed by atoms with E-state index in [2.05, 4.69) is 10.6 Å². The van der Waals surface area contributed by atoms with Crippen molar-refractivity contribution in [2.75, 3.05) is 32.0 Å². The number of amides is 5. The molecule has 7 N–H and O–H groups in total. The van der Waals surface area contributed by atoms with Gasteiger partial charge in [-0.15, -0.1) is 11.8 Å². The number of primary amides is 1. The molecule has 0 aromatic carbocycles. The number of unbranched alkanes of at least 4 members (excludes halogenated alkanes) is 1. The Balaban J connectivity index is 2.25. The number of nitrogens with one attached hydrogen (secondary N) is 2. The van der Waals surface area contributed by atoms with Crippen LogP contribution in [0.5, 0.6) is 0 Å². The van der Waals surface area contributed by atoms with Crippen LogP contribution in [0.25, 0.3) is 0 Å². The summed E-state index contributed by atoms with van der Waals surface area (Å²) in [7, 11) is 0. The first kappa shape index (κ1) is 24.9. The van der Waals surface area contributed by atoms with E-state index >= 15 is 0 Å². The van der Waals surface area contributed by atoms with E-state index in [1.54, 1.807) is 0 Å². The molecule has 1 aliphatic rings. The summed E-state index contributed by atoms with van der Waals surface area (Å²) < 4.78 is 0. The Morgan fingerprint density at radius 1 is 1.17 bits per heavy atom. The minimum Gasteiger partial charge on any atom is -0.395 e. The first-order chi connectivity index (χ1) is 13.8. The third-order valence-electron chi connectivity index (χ3n) is 4.24. The lowest BCUT2D eigenvalue weighted by Crippen LogP contribution is -2.37. The molecule has 0 bridgehead atoms. The van der Waals surface area contributed by atoms with Crippen molar-refractivity contribution in [3.63, 3.8) is 0 Å². The van der Waals surface area contributed by atoms with E-state index in [0.29, 0.717) is 25.8 Å². The number of carbonyl (C=O) groups is 5. The SMILES string of the molecule is NC(=O)C(N)CCCCNC(=O)CCN1C(=O)CC(SCC(=O)NCCO)C1=O. The molecule has 1 fully saturated rings. The molecule has 12 heteroatoms. The molecule has 29 heavy (non-hydrogen) atoms. The summed E-state index contributed by atoms with van der Waals surface area (Å²) in [5, 5.41) is 13.2. The Kier molecular flexibility index (Phi) is 11.2. The molecule has 5 amide bonds. The second-order valence-electron chi connectivity index (χ2n) is 6.57. The van der Waals surface area contributed by atoms with Gasteiger partial charge in [-0.1, -0.05) is 0 Å². The standard InChI is InChI=1S/C17H29N5O6S/c18-11(16(19)27)3-1-2-5-20-13(24)4-7-22-15(26)9-12(17(22)28)29-10-14(25)21-6-8-23/h11-12,23H,1-10,18H2,(H2,19,27)(H,20,24)(H,21,25). The molecule has 1 rings (SSSR count). The molecular weight excluding hydrogens is 402 g/mol. The van der Waals surface area contributed by atoms with Gasteiger partial charge >= 0.3 is 0 Å². The van der Waals surface area contributed by atoms with Crippen LogP contribution in [0.2, 0.25) is 0 Å². The smallest absolute Gasteiger partial charge is 0.242 e. The van der Waals surface area contributed by atoms with Crippen LogP contribution in [0, 0.1) is 0 Å². The maximum atomic E-state index is 12.3. The number of hydrogen-bond donors (Lipinski definition) is 5. The van der Waals surface area contributed by atoms with Crippen LogP contribution in [0.3, 0.4) is 0 Å². The number of rotatable bonds is 14. The largest absolute Gasteiger partial charge is 0.395 e. The van der Waals surface area contributed by atoms with E-state index in [1.165, 1.54) is 0 Å². The van der Waals surface area contributed by atoms with Crippen molar-refractivity contribution in [2.24, 2.45) is 11.5 Å². The van der Waals surface area contributed by atoms with Gasteiger partial charge in [0.25, 0.3) is 0 Å². The fraction of sp³-hybridized carbons (Fsp3) is 0.706. The second-order valence-corrected chi connectivity index (χ2v) is 7.76. The Labute approximate surface area is 173 Å². The van der Waals surface area contributed by atoms with Crippen molar-refractivity contribution < 1.29 is 29.1 Å². The monoisotopic (exact) mass is 431 g/mol. The van der Waals surface area contributed by atoms with Gasteiger partial charge in [0.05, 0.1) is 23.7 Å². The summed E-state index contributed by atoms with van der Waals surface area (Å²) >= 11 is 1.07. The lowest BCUT2D eigenvalue weighted by molar-refractivity contribution is -0.138. The number of thioether (sulfide) groups is 1. The molecule has 2 atom stereocenters. The molecule has 1 aliphatic heterocycles. The molecule has 0 radical (unpaired) electrons. The molecule has 0 aromatic heterocycles. The zero-order valence-corrected chi connectivity index (χ0v) is 17.0. The number of imide groups is 1. The highest BCUT2D eigenvalue weighted by Crippen LogP contribution is 2.25. The van der Waals surface area contributed by atoms with Crippen LogP contribution >= 0.6 is 11.8 Å². The van der Waals surface area contributed by atoms with E-state index in [0.717, 1.165) is 16.7 Å². The van der Waals surface area contributed by atoms with Gasteiger partial charge in [-0.3, -0.25) is 28.9 Å². The second kappa shape index (κ2) is 13.1. The van der Waals surface area contributed by atoms with Crippen LogP contribution in [-0.2, 0) is 24.0 Å². The number of likely N-dealkylation sites (tertiary alicyclic amines) is 1. The van der Waals surface area contributed by atoms with E-state index < -0.39 is 23.1 Å². The van der Waals surface area contributed by atoms with Crippen LogP contribution < -0.4 is 22.1 Å². The molecule has 0 spiro atoms. The number of hydrogen-bond acceptors (Lipinski definition) is 8. The first-order valence-corrected chi connectivity index (χ1v) is 10.5. The van der Waals surface area contributed by atoms with Gasteiger partial charge in [0.1, 0.15) is 0 Å². The number of aliphatic hydroxyl groups excluding tert-OH is 1. The predicted molar refractivity (Wildman–Crippen MR) is 106 cm³/mol. The highest BCUT2D eigenvalue weighted by atomic mass is 32.2. The zero-order valence-electron chi connectivity index (χ0n) is 16.2. The summed E-state index contributed by atoms with van der Waals surface area (Å²) in [6.45, 7) is 0.349. The Hall–Kier alpha value is -2.18. The Bertz CT molecular complexity index is 617. The highest BCUT2D eigenvalue weighted by Gasteiger charge is 2.38. The summed E-state index contributed by atoms with van der Waals surface area (Å²) in [5.74, 6) is -1.92. The van der Waals surface area contributed by atoms with Crippen molar-refractivity contribution in [1.82, 2.24) is 15.5 Å². The normalized spacial score (nSPS) is 17.3. The third-order valence-corrected chi connectivity index (χ3v) is 5.44. The molecule has 164 valence electrons. The summed E-state index contributed by atoms with van der Waals surface area (Å²) in [5.41, 5.74) is 10.6. The average Bonchev–Trinajstić information content (AvgIpc) is 2.95. The van der Waals surface area contributed by atoms with Crippen molar-refractivity contribution in [3.05, 3.63) is 0 Å². The number of nitrogens with two attached hydrogens (primary N) is 2. The topological polar surface area (TPSA) is 185 Å². The minimum absolute atomic E-state index is 0.00147. The average molecular weight is 432 g/mol.